The Bertz CT molecular complexity index is 610. The molecular weight excluding hydrogens is 234 g/mol. The third-order valence-corrected chi connectivity index (χ3v) is 3.72. The first-order valence-electron chi connectivity index (χ1n) is 6.90. The van der Waals surface area contributed by atoms with Crippen molar-refractivity contribution in [2.75, 3.05) is 6.61 Å². The molecule has 1 atom stereocenters. The molecule has 0 aliphatic carbocycles. The van der Waals surface area contributed by atoms with Gasteiger partial charge in [0.15, 0.2) is 5.90 Å². The maximum Gasteiger partial charge on any atom is 0.188 e. The summed E-state index contributed by atoms with van der Waals surface area (Å²) in [6.45, 7) is 5.12. The first-order valence-corrected chi connectivity index (χ1v) is 6.90. The number of nitrogens with zero attached hydrogens (tertiary/aromatic N) is 1. The Morgan fingerprint density at radius 1 is 1.16 bits per heavy atom. The lowest BCUT2D eigenvalue weighted by molar-refractivity contribution is 0.287. The first-order chi connectivity index (χ1) is 9.24. The Balaban J connectivity index is 1.88. The standard InChI is InChI=1S/C17H19NO/c1-12(2)16-11-19-17(18-16)10-14-8-5-7-13-6-3-4-9-15(13)14/h3-9,12,16H,10-11H2,1-2H3. The van der Waals surface area contributed by atoms with E-state index in [9.17, 15) is 0 Å². The maximum absolute atomic E-state index is 5.73. The lowest BCUT2D eigenvalue weighted by atomic mass is 10.0. The highest BCUT2D eigenvalue weighted by molar-refractivity contribution is 5.90. The zero-order valence-electron chi connectivity index (χ0n) is 11.5. The zero-order chi connectivity index (χ0) is 13.2. The molecule has 1 aliphatic rings. The van der Waals surface area contributed by atoms with E-state index in [2.05, 4.69) is 61.3 Å². The molecule has 2 heteroatoms. The van der Waals surface area contributed by atoms with Crippen LogP contribution in [-0.4, -0.2) is 18.5 Å². The van der Waals surface area contributed by atoms with Crippen LogP contribution in [0.25, 0.3) is 10.8 Å². The van der Waals surface area contributed by atoms with Crippen LogP contribution in [0, 0.1) is 5.92 Å². The summed E-state index contributed by atoms with van der Waals surface area (Å²) in [6, 6.07) is 15.2. The molecule has 2 aromatic rings. The quantitative estimate of drug-likeness (QED) is 0.814. The van der Waals surface area contributed by atoms with Gasteiger partial charge in [-0.3, -0.25) is 0 Å². The van der Waals surface area contributed by atoms with Crippen LogP contribution < -0.4 is 0 Å². The van der Waals surface area contributed by atoms with Crippen LogP contribution in [0.5, 0.6) is 0 Å². The van der Waals surface area contributed by atoms with Crippen molar-refractivity contribution >= 4 is 16.7 Å². The highest BCUT2D eigenvalue weighted by Gasteiger charge is 2.21. The van der Waals surface area contributed by atoms with E-state index in [1.165, 1.54) is 16.3 Å². The van der Waals surface area contributed by atoms with Gasteiger partial charge in [0.1, 0.15) is 6.61 Å². The van der Waals surface area contributed by atoms with E-state index < -0.39 is 0 Å². The fourth-order valence-electron chi connectivity index (χ4n) is 2.49. The minimum absolute atomic E-state index is 0.324. The average Bonchev–Trinajstić information content (AvgIpc) is 2.88. The third-order valence-electron chi connectivity index (χ3n) is 3.72. The Kier molecular flexibility index (Phi) is 3.24. The van der Waals surface area contributed by atoms with Gasteiger partial charge in [-0.25, -0.2) is 4.99 Å². The molecular formula is C17H19NO. The molecule has 0 bridgehead atoms. The predicted molar refractivity (Wildman–Crippen MR) is 79.7 cm³/mol. The molecule has 0 radical (unpaired) electrons. The van der Waals surface area contributed by atoms with E-state index in [4.69, 9.17) is 4.74 Å². The molecule has 0 amide bonds. The maximum atomic E-state index is 5.73. The number of hydrogen-bond donors (Lipinski definition) is 0. The van der Waals surface area contributed by atoms with Crippen LogP contribution in [0.3, 0.4) is 0 Å². The first kappa shape index (κ1) is 12.2. The topological polar surface area (TPSA) is 21.6 Å². The predicted octanol–water partition coefficient (Wildman–Crippen LogP) is 3.84. The molecule has 0 saturated heterocycles. The number of rotatable bonds is 3. The molecule has 1 heterocycles. The van der Waals surface area contributed by atoms with E-state index in [1.54, 1.807) is 0 Å². The summed E-state index contributed by atoms with van der Waals surface area (Å²) >= 11 is 0. The monoisotopic (exact) mass is 253 g/mol. The van der Waals surface area contributed by atoms with Gasteiger partial charge in [0.2, 0.25) is 0 Å². The second-order valence-electron chi connectivity index (χ2n) is 5.46. The van der Waals surface area contributed by atoms with E-state index in [0.29, 0.717) is 12.0 Å². The molecule has 0 spiro atoms. The number of hydrogen-bond acceptors (Lipinski definition) is 2. The molecule has 0 fully saturated rings. The summed E-state index contributed by atoms with van der Waals surface area (Å²) in [5.74, 6) is 1.43. The van der Waals surface area contributed by atoms with E-state index in [1.807, 2.05) is 0 Å². The van der Waals surface area contributed by atoms with Gasteiger partial charge in [-0.15, -0.1) is 0 Å². The van der Waals surface area contributed by atoms with Gasteiger partial charge in [0.25, 0.3) is 0 Å². The Morgan fingerprint density at radius 3 is 2.74 bits per heavy atom. The van der Waals surface area contributed by atoms with Gasteiger partial charge in [0.05, 0.1) is 6.04 Å². The van der Waals surface area contributed by atoms with Gasteiger partial charge in [-0.1, -0.05) is 56.3 Å². The summed E-state index contributed by atoms with van der Waals surface area (Å²) in [6.07, 6.45) is 0.796. The van der Waals surface area contributed by atoms with Crippen LogP contribution in [0.1, 0.15) is 19.4 Å². The van der Waals surface area contributed by atoms with Crippen LogP contribution in [0.2, 0.25) is 0 Å². The second kappa shape index (κ2) is 5.04. The third kappa shape index (κ3) is 2.48. The van der Waals surface area contributed by atoms with Crippen LogP contribution in [0.4, 0.5) is 0 Å². The Hall–Kier alpha value is -1.83. The molecule has 2 nitrogen and oxygen atoms in total. The average molecular weight is 253 g/mol. The molecule has 0 N–H and O–H groups in total. The lowest BCUT2D eigenvalue weighted by Crippen LogP contribution is -2.13. The summed E-state index contributed by atoms with van der Waals surface area (Å²) in [4.78, 5) is 4.68. The number of ether oxygens (including phenoxy) is 1. The normalized spacial score (nSPS) is 18.7. The van der Waals surface area contributed by atoms with E-state index >= 15 is 0 Å². The fourth-order valence-corrected chi connectivity index (χ4v) is 2.49. The van der Waals surface area contributed by atoms with Gasteiger partial charge >= 0.3 is 0 Å². The van der Waals surface area contributed by atoms with Crippen molar-refractivity contribution < 1.29 is 4.74 Å². The largest absolute Gasteiger partial charge is 0.478 e. The SMILES string of the molecule is CC(C)C1COC(Cc2cccc3ccccc23)=N1. The van der Waals surface area contributed by atoms with Crippen molar-refractivity contribution in [3.8, 4) is 0 Å². The number of benzene rings is 2. The molecule has 2 aromatic carbocycles. The van der Waals surface area contributed by atoms with Crippen molar-refractivity contribution in [2.45, 2.75) is 26.3 Å². The van der Waals surface area contributed by atoms with Crippen molar-refractivity contribution in [1.29, 1.82) is 0 Å². The summed E-state index contributed by atoms with van der Waals surface area (Å²) in [5.41, 5.74) is 1.29. The van der Waals surface area contributed by atoms with Gasteiger partial charge in [-0.2, -0.15) is 0 Å². The molecule has 1 unspecified atom stereocenters. The minimum Gasteiger partial charge on any atom is -0.478 e. The number of fused-ring (bicyclic) bond motifs is 1. The molecule has 98 valence electrons. The van der Waals surface area contributed by atoms with Gasteiger partial charge in [0, 0.05) is 6.42 Å². The summed E-state index contributed by atoms with van der Waals surface area (Å²) in [7, 11) is 0. The Labute approximate surface area is 114 Å². The van der Waals surface area contributed by atoms with Crippen LogP contribution >= 0.6 is 0 Å². The minimum atomic E-state index is 0.324. The van der Waals surface area contributed by atoms with Crippen molar-refractivity contribution in [3.63, 3.8) is 0 Å². The van der Waals surface area contributed by atoms with Crippen molar-refractivity contribution in [3.05, 3.63) is 48.0 Å². The van der Waals surface area contributed by atoms with Gasteiger partial charge in [-0.05, 0) is 22.3 Å². The van der Waals surface area contributed by atoms with Crippen LogP contribution in [-0.2, 0) is 11.2 Å². The summed E-state index contributed by atoms with van der Waals surface area (Å²) in [5, 5.41) is 2.57. The Morgan fingerprint density at radius 2 is 1.95 bits per heavy atom. The zero-order valence-corrected chi connectivity index (χ0v) is 11.5. The van der Waals surface area contributed by atoms with E-state index in [-0.39, 0.29) is 0 Å². The highest BCUT2D eigenvalue weighted by Crippen LogP contribution is 2.21. The van der Waals surface area contributed by atoms with Gasteiger partial charge < -0.3 is 4.74 Å². The van der Waals surface area contributed by atoms with Crippen LogP contribution in [0.15, 0.2) is 47.5 Å². The summed E-state index contributed by atoms with van der Waals surface area (Å²) < 4.78 is 5.73. The molecule has 0 saturated carbocycles. The van der Waals surface area contributed by atoms with Crippen molar-refractivity contribution in [2.24, 2.45) is 10.9 Å². The molecule has 3 rings (SSSR count). The fraction of sp³-hybridized carbons (Fsp3) is 0.353. The molecule has 19 heavy (non-hydrogen) atoms. The molecule has 0 aromatic heterocycles. The lowest BCUT2D eigenvalue weighted by Gasteiger charge is -2.06. The van der Waals surface area contributed by atoms with E-state index in [0.717, 1.165) is 18.9 Å². The highest BCUT2D eigenvalue weighted by atomic mass is 16.5. The second-order valence-corrected chi connectivity index (χ2v) is 5.46. The van der Waals surface area contributed by atoms with Crippen molar-refractivity contribution in [1.82, 2.24) is 0 Å². The number of aliphatic imine (C=N–C) groups is 1. The smallest absolute Gasteiger partial charge is 0.188 e. The molecule has 1 aliphatic heterocycles.